The van der Waals surface area contributed by atoms with E-state index in [1.165, 1.54) is 0 Å². The summed E-state index contributed by atoms with van der Waals surface area (Å²) in [5.74, 6) is 0.777. The van der Waals surface area contributed by atoms with Crippen LogP contribution >= 0.6 is 0 Å². The number of pyridine rings is 1. The van der Waals surface area contributed by atoms with Crippen molar-refractivity contribution >= 4 is 28.4 Å². The van der Waals surface area contributed by atoms with Crippen molar-refractivity contribution in [1.29, 1.82) is 0 Å². The molecule has 3 aromatic rings. The number of carbonyl (C=O) groups excluding carboxylic acids is 1. The van der Waals surface area contributed by atoms with Gasteiger partial charge in [0.1, 0.15) is 17.6 Å². The quantitative estimate of drug-likeness (QED) is 0.328. The Bertz CT molecular complexity index is 1690. The number of rotatable bonds is 10. The molecule has 3 saturated heterocycles. The van der Waals surface area contributed by atoms with E-state index in [9.17, 15) is 13.6 Å². The minimum absolute atomic E-state index is 0.163. The van der Waals surface area contributed by atoms with E-state index in [1.807, 2.05) is 6.07 Å². The van der Waals surface area contributed by atoms with E-state index in [2.05, 4.69) is 10.2 Å². The number of nitrogens with one attached hydrogen (secondary N) is 1. The van der Waals surface area contributed by atoms with E-state index in [0.717, 1.165) is 74.8 Å². The van der Waals surface area contributed by atoms with Crippen LogP contribution in [0.1, 0.15) is 64.0 Å². The number of hydrogen-bond donors (Lipinski definition) is 1. The van der Waals surface area contributed by atoms with Gasteiger partial charge in [-0.15, -0.1) is 0 Å². The Balaban J connectivity index is 1.02. The smallest absolute Gasteiger partial charge is 0.322 e. The summed E-state index contributed by atoms with van der Waals surface area (Å²) in [5.41, 5.74) is 0.584. The van der Waals surface area contributed by atoms with Crippen LogP contribution in [0.4, 0.5) is 29.5 Å². The van der Waals surface area contributed by atoms with Crippen LogP contribution in [0, 0.1) is 0 Å². The maximum atomic E-state index is 15.2. The van der Waals surface area contributed by atoms with Gasteiger partial charge in [-0.05, 0) is 63.9 Å². The molecule has 1 atom stereocenters. The molecule has 0 bridgehead atoms. The second-order valence-electron chi connectivity index (χ2n) is 14.7. The van der Waals surface area contributed by atoms with E-state index in [4.69, 9.17) is 24.7 Å². The lowest BCUT2D eigenvalue weighted by Gasteiger charge is -2.41. The molecule has 3 aliphatic carbocycles. The van der Waals surface area contributed by atoms with Gasteiger partial charge in [0, 0.05) is 45.5 Å². The van der Waals surface area contributed by atoms with Gasteiger partial charge in [0.15, 0.2) is 5.82 Å². The molecule has 12 nitrogen and oxygen atoms in total. The lowest BCUT2D eigenvalue weighted by Crippen LogP contribution is -2.58. The third-order valence-electron chi connectivity index (χ3n) is 10.8. The molecule has 1 spiro atoms. The maximum Gasteiger partial charge on any atom is 0.322 e. The van der Waals surface area contributed by atoms with E-state index < -0.39 is 17.6 Å². The largest absolute Gasteiger partial charge is 0.371 e. The Morgan fingerprint density at radius 1 is 1.08 bits per heavy atom. The predicted octanol–water partition coefficient (Wildman–Crippen LogP) is 4.81. The number of nitrogens with zero attached hydrogens (tertiary/aromatic N) is 8. The Morgan fingerprint density at radius 2 is 1.92 bits per heavy atom. The number of halogens is 3. The molecule has 48 heavy (non-hydrogen) atoms. The van der Waals surface area contributed by atoms with Crippen LogP contribution in [-0.2, 0) is 16.0 Å². The number of ether oxygens (including phenoxy) is 2. The Labute approximate surface area is 276 Å². The summed E-state index contributed by atoms with van der Waals surface area (Å²) in [4.78, 5) is 24.4. The van der Waals surface area contributed by atoms with E-state index in [0.29, 0.717) is 62.3 Å². The first-order valence-electron chi connectivity index (χ1n) is 17.5. The zero-order valence-electron chi connectivity index (χ0n) is 27.0. The van der Waals surface area contributed by atoms with Crippen LogP contribution in [0.2, 0.25) is 0 Å². The Hall–Kier alpha value is -3.43. The van der Waals surface area contributed by atoms with Gasteiger partial charge >= 0.3 is 6.03 Å². The number of amides is 2. The first-order chi connectivity index (χ1) is 23.2. The second-order valence-corrected chi connectivity index (χ2v) is 14.7. The van der Waals surface area contributed by atoms with Crippen molar-refractivity contribution in [2.24, 2.45) is 0 Å². The van der Waals surface area contributed by atoms with Gasteiger partial charge in [0.05, 0.1) is 59.3 Å². The Kier molecular flexibility index (Phi) is 7.39. The minimum Gasteiger partial charge on any atom is -0.371 e. The SMILES string of the molecule is O=C(Nc1cn(C2CCCCO2)nc1-c1cc2c(cn1)c(N1CC(OC3CC3)C1)nn2CC1(F)CC1)N1CCN(CC(F)F)CC12CC2. The fraction of sp³-hybridized carbons (Fsp3) is 0.697. The molecule has 3 saturated carbocycles. The summed E-state index contributed by atoms with van der Waals surface area (Å²) in [7, 11) is 0. The van der Waals surface area contributed by atoms with Crippen molar-refractivity contribution in [3.63, 3.8) is 0 Å². The van der Waals surface area contributed by atoms with Crippen LogP contribution in [0.25, 0.3) is 22.3 Å². The van der Waals surface area contributed by atoms with Crippen LogP contribution in [0.3, 0.4) is 0 Å². The van der Waals surface area contributed by atoms with E-state index in [-0.39, 0.29) is 31.5 Å². The first kappa shape index (κ1) is 30.6. The highest BCUT2D eigenvalue weighted by molar-refractivity contribution is 5.96. The number of urea groups is 1. The molecule has 0 radical (unpaired) electrons. The summed E-state index contributed by atoms with van der Waals surface area (Å²) in [6.07, 6.45) is 9.12. The van der Waals surface area contributed by atoms with Crippen LogP contribution in [-0.4, -0.2) is 116 Å². The van der Waals surface area contributed by atoms with Crippen molar-refractivity contribution in [1.82, 2.24) is 34.3 Å². The summed E-state index contributed by atoms with van der Waals surface area (Å²) < 4.78 is 57.1. The molecule has 1 unspecified atom stereocenters. The minimum atomic E-state index is -2.40. The Morgan fingerprint density at radius 3 is 2.62 bits per heavy atom. The number of anilines is 2. The first-order valence-corrected chi connectivity index (χ1v) is 17.5. The van der Waals surface area contributed by atoms with E-state index >= 15 is 4.39 Å². The lowest BCUT2D eigenvalue weighted by atomic mass is 10.1. The molecule has 3 aliphatic heterocycles. The van der Waals surface area contributed by atoms with Crippen molar-refractivity contribution < 1.29 is 27.4 Å². The van der Waals surface area contributed by atoms with Crippen LogP contribution in [0.5, 0.6) is 0 Å². The number of carbonyl (C=O) groups is 1. The van der Waals surface area contributed by atoms with Gasteiger partial charge in [-0.3, -0.25) is 14.6 Å². The number of fused-ring (bicyclic) bond motifs is 1. The molecular formula is C33H42F3N9O3. The average molecular weight is 670 g/mol. The highest BCUT2D eigenvalue weighted by Crippen LogP contribution is 2.45. The van der Waals surface area contributed by atoms with Gasteiger partial charge in [0.2, 0.25) is 0 Å². The monoisotopic (exact) mass is 669 g/mol. The highest BCUT2D eigenvalue weighted by atomic mass is 19.3. The average Bonchev–Trinajstić information content (AvgIpc) is 4.02. The van der Waals surface area contributed by atoms with Gasteiger partial charge < -0.3 is 24.6 Å². The van der Waals surface area contributed by atoms with Gasteiger partial charge in [0.25, 0.3) is 6.43 Å². The van der Waals surface area contributed by atoms with Crippen LogP contribution < -0.4 is 10.2 Å². The number of piperazine rings is 1. The number of aromatic nitrogens is 5. The molecular weight excluding hydrogens is 627 g/mol. The van der Waals surface area contributed by atoms with Crippen LogP contribution in [0.15, 0.2) is 18.5 Å². The second kappa shape index (κ2) is 11.6. The number of hydrogen-bond acceptors (Lipinski definition) is 8. The molecule has 15 heteroatoms. The number of alkyl halides is 3. The summed E-state index contributed by atoms with van der Waals surface area (Å²) in [5, 5.41) is 13.7. The maximum absolute atomic E-state index is 15.2. The summed E-state index contributed by atoms with van der Waals surface area (Å²) >= 11 is 0. The predicted molar refractivity (Wildman–Crippen MR) is 171 cm³/mol. The zero-order valence-corrected chi connectivity index (χ0v) is 27.0. The standard InChI is InChI=1S/C33H42F3N9O3/c34-27(35)18-41-10-11-43(33(20-41)8-9-33)31(46)38-25-17-44(28-3-1-2-12-47-28)39-29(25)24-13-26-23(14-37-24)30(40-45(26)19-32(36)6-7-32)42-15-22(16-42)48-21-4-5-21/h13-14,17,21-22,27-28H,1-12,15-16,18-20H2,(H,38,46). The molecule has 3 aromatic heterocycles. The topological polar surface area (TPSA) is 106 Å². The molecule has 258 valence electrons. The molecule has 6 aliphatic rings. The van der Waals surface area contributed by atoms with Gasteiger partial charge in [-0.25, -0.2) is 22.6 Å². The molecule has 6 fully saturated rings. The molecule has 2 amide bonds. The summed E-state index contributed by atoms with van der Waals surface area (Å²) in [6, 6.07) is 1.61. The third kappa shape index (κ3) is 5.91. The van der Waals surface area contributed by atoms with Gasteiger partial charge in [-0.2, -0.15) is 10.2 Å². The zero-order chi connectivity index (χ0) is 32.6. The van der Waals surface area contributed by atoms with Crippen molar-refractivity contribution in [3.8, 4) is 11.4 Å². The fourth-order valence-corrected chi connectivity index (χ4v) is 7.51. The molecule has 9 rings (SSSR count). The van der Waals surface area contributed by atoms with Crippen molar-refractivity contribution in [3.05, 3.63) is 18.5 Å². The molecule has 0 aromatic carbocycles. The molecule has 1 N–H and O–H groups in total. The van der Waals surface area contributed by atoms with Gasteiger partial charge in [-0.1, -0.05) is 0 Å². The fourth-order valence-electron chi connectivity index (χ4n) is 7.51. The highest BCUT2D eigenvalue weighted by Gasteiger charge is 2.53. The van der Waals surface area contributed by atoms with Crippen molar-refractivity contribution in [2.45, 2.75) is 100 Å². The van der Waals surface area contributed by atoms with E-state index in [1.54, 1.807) is 31.6 Å². The normalized spacial score (nSPS) is 25.2. The molecule has 6 heterocycles. The lowest BCUT2D eigenvalue weighted by molar-refractivity contribution is -0.0393. The summed E-state index contributed by atoms with van der Waals surface area (Å²) in [6.45, 7) is 3.20. The third-order valence-corrected chi connectivity index (χ3v) is 10.8. The van der Waals surface area contributed by atoms with Crippen molar-refractivity contribution in [2.75, 3.05) is 56.1 Å².